The standard InChI is InChI=1S/C11H21N3O4/c1-5-11(4,8(16)17)14-9(18)13-10(2,3)6-7(12)15/h5-6H2,1-4H3,(H2,12,15)(H,16,17)(H2,13,14,18). The van der Waals surface area contributed by atoms with Crippen LogP contribution >= 0.6 is 0 Å². The minimum absolute atomic E-state index is 0.0314. The van der Waals surface area contributed by atoms with E-state index in [1.54, 1.807) is 20.8 Å². The van der Waals surface area contributed by atoms with Crippen LogP contribution in [0, 0.1) is 0 Å². The average molecular weight is 259 g/mol. The lowest BCUT2D eigenvalue weighted by Gasteiger charge is -2.29. The molecule has 0 radical (unpaired) electrons. The van der Waals surface area contributed by atoms with E-state index < -0.39 is 29.0 Å². The Morgan fingerprint density at radius 3 is 2.00 bits per heavy atom. The predicted molar refractivity (Wildman–Crippen MR) is 65.9 cm³/mol. The van der Waals surface area contributed by atoms with Crippen LogP contribution in [0.3, 0.4) is 0 Å². The molecule has 1 atom stereocenters. The maximum atomic E-state index is 11.7. The largest absolute Gasteiger partial charge is 0.480 e. The van der Waals surface area contributed by atoms with E-state index >= 15 is 0 Å². The molecule has 0 rings (SSSR count). The molecule has 7 nitrogen and oxygen atoms in total. The Morgan fingerprint density at radius 2 is 1.67 bits per heavy atom. The fourth-order valence-electron chi connectivity index (χ4n) is 1.36. The van der Waals surface area contributed by atoms with Gasteiger partial charge in [0.25, 0.3) is 0 Å². The first-order valence-electron chi connectivity index (χ1n) is 5.64. The summed E-state index contributed by atoms with van der Waals surface area (Å²) in [5, 5.41) is 13.9. The smallest absolute Gasteiger partial charge is 0.329 e. The molecule has 0 aromatic rings. The zero-order chi connectivity index (χ0) is 14.6. The second-order valence-corrected chi connectivity index (χ2v) is 5.10. The van der Waals surface area contributed by atoms with Gasteiger partial charge in [-0.2, -0.15) is 0 Å². The van der Waals surface area contributed by atoms with E-state index in [0.717, 1.165) is 0 Å². The van der Waals surface area contributed by atoms with Crippen molar-refractivity contribution >= 4 is 17.9 Å². The number of carboxylic acids is 1. The summed E-state index contributed by atoms with van der Waals surface area (Å²) in [6.45, 7) is 6.32. The van der Waals surface area contributed by atoms with E-state index in [-0.39, 0.29) is 12.8 Å². The number of carbonyl (C=O) groups excluding carboxylic acids is 2. The maximum absolute atomic E-state index is 11.7. The molecular formula is C11H21N3O4. The number of urea groups is 1. The Kier molecular flexibility index (Phi) is 5.13. The number of nitrogens with one attached hydrogen (secondary N) is 2. The molecule has 0 aromatic heterocycles. The zero-order valence-electron chi connectivity index (χ0n) is 11.2. The highest BCUT2D eigenvalue weighted by Gasteiger charge is 2.34. The van der Waals surface area contributed by atoms with Gasteiger partial charge in [0.2, 0.25) is 5.91 Å². The molecule has 0 aliphatic carbocycles. The van der Waals surface area contributed by atoms with Gasteiger partial charge in [-0.05, 0) is 27.2 Å². The molecule has 7 heteroatoms. The molecule has 0 aromatic carbocycles. The first-order chi connectivity index (χ1) is 8.02. The van der Waals surface area contributed by atoms with Crippen LogP contribution in [0.15, 0.2) is 0 Å². The van der Waals surface area contributed by atoms with Gasteiger partial charge in [0.15, 0.2) is 0 Å². The van der Waals surface area contributed by atoms with Gasteiger partial charge < -0.3 is 21.5 Å². The zero-order valence-corrected chi connectivity index (χ0v) is 11.2. The number of hydrogen-bond acceptors (Lipinski definition) is 3. The second-order valence-electron chi connectivity index (χ2n) is 5.10. The summed E-state index contributed by atoms with van der Waals surface area (Å²) >= 11 is 0. The Labute approximate surface area is 106 Å². The third kappa shape index (κ3) is 5.03. The molecule has 0 bridgehead atoms. The van der Waals surface area contributed by atoms with E-state index in [9.17, 15) is 14.4 Å². The molecule has 0 heterocycles. The summed E-state index contributed by atoms with van der Waals surface area (Å²) in [7, 11) is 0. The molecule has 5 N–H and O–H groups in total. The highest BCUT2D eigenvalue weighted by molar-refractivity contribution is 5.86. The summed E-state index contributed by atoms with van der Waals surface area (Å²) in [5.41, 5.74) is 2.88. The first-order valence-corrected chi connectivity index (χ1v) is 5.64. The van der Waals surface area contributed by atoms with Gasteiger partial charge in [-0.25, -0.2) is 9.59 Å². The summed E-state index contributed by atoms with van der Waals surface area (Å²) in [5.74, 6) is -1.66. The Balaban J connectivity index is 4.60. The van der Waals surface area contributed by atoms with Crippen molar-refractivity contribution in [3.05, 3.63) is 0 Å². The van der Waals surface area contributed by atoms with Gasteiger partial charge in [0, 0.05) is 12.0 Å². The fraction of sp³-hybridized carbons (Fsp3) is 0.727. The SMILES string of the molecule is CCC(C)(NC(=O)NC(C)(C)CC(N)=O)C(=O)O. The predicted octanol–water partition coefficient (Wildman–Crippen LogP) is 0.193. The van der Waals surface area contributed by atoms with E-state index in [0.29, 0.717) is 0 Å². The van der Waals surface area contributed by atoms with E-state index in [2.05, 4.69) is 10.6 Å². The number of aliphatic carboxylic acids is 1. The van der Waals surface area contributed by atoms with Crippen molar-refractivity contribution in [2.24, 2.45) is 5.73 Å². The van der Waals surface area contributed by atoms with Gasteiger partial charge in [-0.1, -0.05) is 6.92 Å². The lowest BCUT2D eigenvalue weighted by Crippen LogP contribution is -2.58. The van der Waals surface area contributed by atoms with Crippen LogP contribution in [0.25, 0.3) is 0 Å². The summed E-state index contributed by atoms with van der Waals surface area (Å²) in [4.78, 5) is 33.5. The van der Waals surface area contributed by atoms with Crippen LogP contribution in [0.5, 0.6) is 0 Å². The van der Waals surface area contributed by atoms with Crippen molar-refractivity contribution < 1.29 is 19.5 Å². The lowest BCUT2D eigenvalue weighted by atomic mass is 9.98. The number of primary amides is 1. The van der Waals surface area contributed by atoms with Crippen molar-refractivity contribution in [2.45, 2.75) is 51.6 Å². The highest BCUT2D eigenvalue weighted by Crippen LogP contribution is 2.11. The molecule has 0 saturated carbocycles. The van der Waals surface area contributed by atoms with Crippen LogP contribution in [0.2, 0.25) is 0 Å². The van der Waals surface area contributed by atoms with Gasteiger partial charge in [-0.3, -0.25) is 4.79 Å². The van der Waals surface area contributed by atoms with Crippen molar-refractivity contribution in [3.8, 4) is 0 Å². The number of nitrogens with two attached hydrogens (primary N) is 1. The molecule has 0 saturated heterocycles. The fourth-order valence-corrected chi connectivity index (χ4v) is 1.36. The van der Waals surface area contributed by atoms with Crippen LogP contribution in [0.1, 0.15) is 40.5 Å². The molecule has 0 spiro atoms. The molecule has 3 amide bonds. The van der Waals surface area contributed by atoms with Crippen LogP contribution in [0.4, 0.5) is 4.79 Å². The van der Waals surface area contributed by atoms with Crippen molar-refractivity contribution in [2.75, 3.05) is 0 Å². The van der Waals surface area contributed by atoms with Crippen molar-refractivity contribution in [1.29, 1.82) is 0 Å². The van der Waals surface area contributed by atoms with Gasteiger partial charge in [0.05, 0.1) is 0 Å². The van der Waals surface area contributed by atoms with Crippen LogP contribution < -0.4 is 16.4 Å². The topological polar surface area (TPSA) is 122 Å². The number of amides is 3. The van der Waals surface area contributed by atoms with Crippen molar-refractivity contribution in [1.82, 2.24) is 10.6 Å². The van der Waals surface area contributed by atoms with Gasteiger partial charge in [-0.15, -0.1) is 0 Å². The lowest BCUT2D eigenvalue weighted by molar-refractivity contribution is -0.143. The Morgan fingerprint density at radius 1 is 1.17 bits per heavy atom. The Bertz CT molecular complexity index is 354. The van der Waals surface area contributed by atoms with Gasteiger partial charge in [0.1, 0.15) is 5.54 Å². The number of carbonyl (C=O) groups is 3. The highest BCUT2D eigenvalue weighted by atomic mass is 16.4. The van der Waals surface area contributed by atoms with E-state index in [1.165, 1.54) is 6.92 Å². The summed E-state index contributed by atoms with van der Waals surface area (Å²) < 4.78 is 0. The average Bonchev–Trinajstić information content (AvgIpc) is 2.13. The second kappa shape index (κ2) is 5.70. The molecule has 1 unspecified atom stereocenters. The molecule has 0 aliphatic heterocycles. The maximum Gasteiger partial charge on any atom is 0.329 e. The van der Waals surface area contributed by atoms with Crippen LogP contribution in [-0.2, 0) is 9.59 Å². The minimum Gasteiger partial charge on any atom is -0.480 e. The monoisotopic (exact) mass is 259 g/mol. The van der Waals surface area contributed by atoms with Gasteiger partial charge >= 0.3 is 12.0 Å². The van der Waals surface area contributed by atoms with E-state index in [4.69, 9.17) is 10.8 Å². The molecule has 18 heavy (non-hydrogen) atoms. The van der Waals surface area contributed by atoms with Crippen molar-refractivity contribution in [3.63, 3.8) is 0 Å². The number of carboxylic acid groups (broad SMARTS) is 1. The molecule has 104 valence electrons. The summed E-state index contributed by atoms with van der Waals surface area (Å²) in [6, 6.07) is -0.645. The first kappa shape index (κ1) is 16.2. The number of hydrogen-bond donors (Lipinski definition) is 4. The Hall–Kier alpha value is -1.79. The minimum atomic E-state index is -1.34. The quantitative estimate of drug-likeness (QED) is 0.544. The third-order valence-electron chi connectivity index (χ3n) is 2.64. The third-order valence-corrected chi connectivity index (χ3v) is 2.64. The van der Waals surface area contributed by atoms with E-state index in [1.807, 2.05) is 0 Å². The molecule has 0 aliphatic rings. The summed E-state index contributed by atoms with van der Waals surface area (Å²) in [6.07, 6.45) is 0.211. The van der Waals surface area contributed by atoms with Crippen LogP contribution in [-0.4, -0.2) is 34.1 Å². The molecule has 0 fully saturated rings. The number of rotatable bonds is 6. The normalized spacial score (nSPS) is 14.4. The molecular weight excluding hydrogens is 238 g/mol.